The number of rotatable bonds is 3. The van der Waals surface area contributed by atoms with E-state index in [0.29, 0.717) is 27.7 Å². The van der Waals surface area contributed by atoms with Gasteiger partial charge in [-0.15, -0.1) is 0 Å². The van der Waals surface area contributed by atoms with Crippen LogP contribution in [0.25, 0.3) is 10.9 Å². The Hall–Kier alpha value is -2.92. The first-order valence-corrected chi connectivity index (χ1v) is 7.97. The summed E-state index contributed by atoms with van der Waals surface area (Å²) in [7, 11) is 0. The van der Waals surface area contributed by atoms with Gasteiger partial charge in [-0.3, -0.25) is 9.78 Å². The molecule has 0 fully saturated rings. The van der Waals surface area contributed by atoms with Crippen molar-refractivity contribution in [3.8, 4) is 5.75 Å². The molecule has 0 atom stereocenters. The quantitative estimate of drug-likeness (QED) is 0.560. The number of halogens is 1. The number of fused-ring (bicyclic) bond motifs is 1. The van der Waals surface area contributed by atoms with Gasteiger partial charge in [0.1, 0.15) is 5.75 Å². The molecule has 0 saturated heterocycles. The first-order chi connectivity index (χ1) is 11.9. The van der Waals surface area contributed by atoms with Gasteiger partial charge in [0.2, 0.25) is 5.91 Å². The third-order valence-electron chi connectivity index (χ3n) is 3.58. The van der Waals surface area contributed by atoms with E-state index in [1.807, 2.05) is 6.07 Å². The van der Waals surface area contributed by atoms with E-state index in [1.165, 1.54) is 6.92 Å². The van der Waals surface area contributed by atoms with Crippen LogP contribution in [0.4, 0.5) is 5.69 Å². The molecule has 3 rings (SSSR count). The summed E-state index contributed by atoms with van der Waals surface area (Å²) in [6, 6.07) is 13.6. The summed E-state index contributed by atoms with van der Waals surface area (Å²) in [6.07, 6.45) is 0. The van der Waals surface area contributed by atoms with Gasteiger partial charge < -0.3 is 10.1 Å². The van der Waals surface area contributed by atoms with Crippen molar-refractivity contribution in [2.75, 3.05) is 5.32 Å². The SMILES string of the molecule is CC(=O)Nc1ccc(OC(=O)c2cc3ccc(Cl)cc3nc2C)cc1. The van der Waals surface area contributed by atoms with Gasteiger partial charge in [-0.2, -0.15) is 0 Å². The summed E-state index contributed by atoms with van der Waals surface area (Å²) in [5.74, 6) is -0.272. The highest BCUT2D eigenvalue weighted by atomic mass is 35.5. The van der Waals surface area contributed by atoms with Gasteiger partial charge in [0.25, 0.3) is 0 Å². The van der Waals surface area contributed by atoms with Gasteiger partial charge >= 0.3 is 5.97 Å². The summed E-state index contributed by atoms with van der Waals surface area (Å²) >= 11 is 5.97. The Labute approximate surface area is 149 Å². The third kappa shape index (κ3) is 3.95. The molecule has 0 bridgehead atoms. The maximum atomic E-state index is 12.5. The first-order valence-electron chi connectivity index (χ1n) is 7.59. The number of aromatic nitrogens is 1. The van der Waals surface area contributed by atoms with Gasteiger partial charge in [-0.05, 0) is 49.4 Å². The fraction of sp³-hybridized carbons (Fsp3) is 0.105. The predicted molar refractivity (Wildman–Crippen MR) is 97.2 cm³/mol. The number of esters is 1. The van der Waals surface area contributed by atoms with E-state index < -0.39 is 5.97 Å². The Bertz CT molecular complexity index is 968. The summed E-state index contributed by atoms with van der Waals surface area (Å²) in [5.41, 5.74) is 2.31. The lowest BCUT2D eigenvalue weighted by Gasteiger charge is -2.09. The number of benzene rings is 2. The Morgan fingerprint density at radius 1 is 1.08 bits per heavy atom. The summed E-state index contributed by atoms with van der Waals surface area (Å²) < 4.78 is 5.40. The number of ether oxygens (including phenoxy) is 1. The van der Waals surface area contributed by atoms with Crippen molar-refractivity contribution < 1.29 is 14.3 Å². The fourth-order valence-electron chi connectivity index (χ4n) is 2.41. The molecule has 126 valence electrons. The minimum atomic E-state index is -0.492. The highest BCUT2D eigenvalue weighted by Crippen LogP contribution is 2.22. The number of carbonyl (C=O) groups excluding carboxylic acids is 2. The fourth-order valence-corrected chi connectivity index (χ4v) is 2.58. The first kappa shape index (κ1) is 16.9. The number of nitrogens with zero attached hydrogens (tertiary/aromatic N) is 1. The van der Waals surface area contributed by atoms with Crippen LogP contribution in [0, 0.1) is 6.92 Å². The molecule has 0 aliphatic rings. The molecule has 5 nitrogen and oxygen atoms in total. The molecule has 0 saturated carbocycles. The standard InChI is InChI=1S/C19H15ClN2O3/c1-11-17(9-13-3-4-14(20)10-18(13)21-11)19(24)25-16-7-5-15(6-8-16)22-12(2)23/h3-10H,1-2H3,(H,22,23). The smallest absolute Gasteiger partial charge is 0.345 e. The lowest BCUT2D eigenvalue weighted by molar-refractivity contribution is -0.114. The van der Waals surface area contributed by atoms with Gasteiger partial charge in [-0.1, -0.05) is 17.7 Å². The van der Waals surface area contributed by atoms with Crippen LogP contribution in [0.15, 0.2) is 48.5 Å². The van der Waals surface area contributed by atoms with Crippen molar-refractivity contribution >= 4 is 40.1 Å². The van der Waals surface area contributed by atoms with E-state index in [1.54, 1.807) is 49.4 Å². The lowest BCUT2D eigenvalue weighted by Crippen LogP contribution is -2.11. The van der Waals surface area contributed by atoms with Crippen LogP contribution in [-0.4, -0.2) is 16.9 Å². The highest BCUT2D eigenvalue weighted by Gasteiger charge is 2.14. The average molecular weight is 355 g/mol. The van der Waals surface area contributed by atoms with E-state index in [-0.39, 0.29) is 5.91 Å². The molecule has 0 spiro atoms. The van der Waals surface area contributed by atoms with E-state index >= 15 is 0 Å². The number of nitrogens with one attached hydrogen (secondary N) is 1. The van der Waals surface area contributed by atoms with Crippen molar-refractivity contribution in [1.82, 2.24) is 4.98 Å². The molecule has 2 aromatic carbocycles. The Morgan fingerprint density at radius 3 is 2.48 bits per heavy atom. The van der Waals surface area contributed by atoms with E-state index in [9.17, 15) is 9.59 Å². The van der Waals surface area contributed by atoms with Crippen molar-refractivity contribution in [2.45, 2.75) is 13.8 Å². The van der Waals surface area contributed by atoms with Crippen molar-refractivity contribution in [2.24, 2.45) is 0 Å². The lowest BCUT2D eigenvalue weighted by atomic mass is 10.1. The van der Waals surface area contributed by atoms with E-state index in [2.05, 4.69) is 10.3 Å². The van der Waals surface area contributed by atoms with Gasteiger partial charge in [-0.25, -0.2) is 4.79 Å². The number of anilines is 1. The number of carbonyl (C=O) groups is 2. The molecule has 1 amide bonds. The molecule has 0 aliphatic carbocycles. The summed E-state index contributed by atoms with van der Waals surface area (Å²) in [5, 5.41) is 4.05. The number of hydrogen-bond acceptors (Lipinski definition) is 4. The predicted octanol–water partition coefficient (Wildman–Crippen LogP) is 4.37. The molecule has 0 aliphatic heterocycles. The van der Waals surface area contributed by atoms with E-state index in [0.717, 1.165) is 10.9 Å². The third-order valence-corrected chi connectivity index (χ3v) is 3.81. The molecule has 0 radical (unpaired) electrons. The Balaban J connectivity index is 1.83. The normalized spacial score (nSPS) is 10.5. The summed E-state index contributed by atoms with van der Waals surface area (Å²) in [6.45, 7) is 3.17. The maximum Gasteiger partial charge on any atom is 0.345 e. The molecule has 0 unspecified atom stereocenters. The average Bonchev–Trinajstić information content (AvgIpc) is 2.55. The molecule has 1 heterocycles. The zero-order valence-corrected chi connectivity index (χ0v) is 14.4. The van der Waals surface area contributed by atoms with Crippen LogP contribution >= 0.6 is 11.6 Å². The zero-order chi connectivity index (χ0) is 18.0. The second kappa shape index (κ2) is 6.91. The molecule has 3 aromatic rings. The second-order valence-corrected chi connectivity index (χ2v) is 5.99. The molecular weight excluding hydrogens is 340 g/mol. The van der Waals surface area contributed by atoms with Gasteiger partial charge in [0.05, 0.1) is 16.8 Å². The van der Waals surface area contributed by atoms with Gasteiger partial charge in [0.15, 0.2) is 0 Å². The monoisotopic (exact) mass is 354 g/mol. The van der Waals surface area contributed by atoms with Crippen LogP contribution in [0.3, 0.4) is 0 Å². The topological polar surface area (TPSA) is 68.3 Å². The van der Waals surface area contributed by atoms with Crippen molar-refractivity contribution in [1.29, 1.82) is 0 Å². The molecule has 1 aromatic heterocycles. The van der Waals surface area contributed by atoms with Crippen LogP contribution in [0.5, 0.6) is 5.75 Å². The van der Waals surface area contributed by atoms with Crippen LogP contribution < -0.4 is 10.1 Å². The van der Waals surface area contributed by atoms with Crippen LogP contribution in [0.1, 0.15) is 23.0 Å². The highest BCUT2D eigenvalue weighted by molar-refractivity contribution is 6.31. The van der Waals surface area contributed by atoms with E-state index in [4.69, 9.17) is 16.3 Å². The number of aryl methyl sites for hydroxylation is 1. The van der Waals surface area contributed by atoms with Crippen LogP contribution in [-0.2, 0) is 4.79 Å². The second-order valence-electron chi connectivity index (χ2n) is 5.55. The number of pyridine rings is 1. The summed E-state index contributed by atoms with van der Waals surface area (Å²) in [4.78, 5) is 27.9. The largest absolute Gasteiger partial charge is 0.423 e. The molecule has 25 heavy (non-hydrogen) atoms. The van der Waals surface area contributed by atoms with Gasteiger partial charge in [0, 0.05) is 23.0 Å². The minimum Gasteiger partial charge on any atom is -0.423 e. The number of amides is 1. The van der Waals surface area contributed by atoms with Crippen molar-refractivity contribution in [3.05, 3.63) is 64.8 Å². The molecule has 6 heteroatoms. The molecule has 1 N–H and O–H groups in total. The number of hydrogen-bond donors (Lipinski definition) is 1. The van der Waals surface area contributed by atoms with Crippen LogP contribution in [0.2, 0.25) is 5.02 Å². The maximum absolute atomic E-state index is 12.5. The Morgan fingerprint density at radius 2 is 1.80 bits per heavy atom. The minimum absolute atomic E-state index is 0.164. The van der Waals surface area contributed by atoms with Crippen molar-refractivity contribution in [3.63, 3.8) is 0 Å². The Kier molecular flexibility index (Phi) is 4.67. The zero-order valence-electron chi connectivity index (χ0n) is 13.7. The molecular formula is C19H15ClN2O3.